The highest BCUT2D eigenvalue weighted by atomic mass is 16.6. The molecule has 1 saturated heterocycles. The maximum absolute atomic E-state index is 10.8. The number of hydrogen-bond acceptors (Lipinski definition) is 3. The summed E-state index contributed by atoms with van der Waals surface area (Å²) in [6.45, 7) is 0. The van der Waals surface area contributed by atoms with Gasteiger partial charge in [-0.05, 0) is 12.0 Å². The van der Waals surface area contributed by atoms with Crippen molar-refractivity contribution in [3.05, 3.63) is 23.8 Å². The van der Waals surface area contributed by atoms with Gasteiger partial charge in [0, 0.05) is 12.5 Å². The van der Waals surface area contributed by atoms with Gasteiger partial charge < -0.3 is 9.47 Å². The minimum atomic E-state index is -0.306. The van der Waals surface area contributed by atoms with Gasteiger partial charge in [0.25, 0.3) is 0 Å². The molecule has 2 aliphatic rings. The maximum Gasteiger partial charge on any atom is 0.330 e. The Bertz CT molecular complexity index is 278. The lowest BCUT2D eigenvalue weighted by Crippen LogP contribution is -2.01. The minimum Gasteiger partial charge on any atom is -0.466 e. The van der Waals surface area contributed by atoms with Crippen molar-refractivity contribution in [3.8, 4) is 0 Å². The molecular weight excluding hydrogens is 168 g/mol. The molecule has 0 N–H and O–H groups in total. The number of methoxy groups -OCH3 is 1. The second kappa shape index (κ2) is 3.34. The van der Waals surface area contributed by atoms with E-state index >= 15 is 0 Å². The Labute approximate surface area is 77.0 Å². The average molecular weight is 180 g/mol. The molecule has 0 radical (unpaired) electrons. The summed E-state index contributed by atoms with van der Waals surface area (Å²) in [5.74, 6) is -0.306. The van der Waals surface area contributed by atoms with Crippen LogP contribution in [0.2, 0.25) is 0 Å². The number of allylic oxidation sites excluding steroid dienone is 1. The number of ether oxygens (including phenoxy) is 2. The predicted molar refractivity (Wildman–Crippen MR) is 47.1 cm³/mol. The SMILES string of the molecule is COC(=O)/C=C/C1=CCC2OC2C1. The van der Waals surface area contributed by atoms with E-state index in [1.807, 2.05) is 6.08 Å². The smallest absolute Gasteiger partial charge is 0.330 e. The van der Waals surface area contributed by atoms with Gasteiger partial charge in [0.15, 0.2) is 0 Å². The summed E-state index contributed by atoms with van der Waals surface area (Å²) in [5.41, 5.74) is 1.17. The molecule has 1 heterocycles. The molecule has 2 unspecified atom stereocenters. The van der Waals surface area contributed by atoms with Gasteiger partial charge in [-0.3, -0.25) is 0 Å². The van der Waals surface area contributed by atoms with Crippen LogP contribution in [-0.2, 0) is 14.3 Å². The third kappa shape index (κ3) is 1.98. The van der Waals surface area contributed by atoms with E-state index in [1.54, 1.807) is 0 Å². The maximum atomic E-state index is 10.8. The van der Waals surface area contributed by atoms with Gasteiger partial charge in [0.1, 0.15) is 0 Å². The molecule has 3 nitrogen and oxygen atoms in total. The summed E-state index contributed by atoms with van der Waals surface area (Å²) in [4.78, 5) is 10.8. The first-order valence-electron chi connectivity index (χ1n) is 4.40. The summed E-state index contributed by atoms with van der Waals surface area (Å²) >= 11 is 0. The highest BCUT2D eigenvalue weighted by molar-refractivity contribution is 5.82. The van der Waals surface area contributed by atoms with E-state index in [-0.39, 0.29) is 5.97 Å². The van der Waals surface area contributed by atoms with Crippen molar-refractivity contribution in [2.75, 3.05) is 7.11 Å². The fourth-order valence-corrected chi connectivity index (χ4v) is 1.53. The van der Waals surface area contributed by atoms with Crippen LogP contribution in [0.4, 0.5) is 0 Å². The van der Waals surface area contributed by atoms with Crippen LogP contribution in [0.25, 0.3) is 0 Å². The Morgan fingerprint density at radius 2 is 2.54 bits per heavy atom. The number of fused-ring (bicyclic) bond motifs is 1. The first-order chi connectivity index (χ1) is 6.29. The first-order valence-corrected chi connectivity index (χ1v) is 4.40. The zero-order valence-electron chi connectivity index (χ0n) is 7.53. The molecule has 13 heavy (non-hydrogen) atoms. The molecule has 0 aromatic heterocycles. The van der Waals surface area contributed by atoms with Crippen molar-refractivity contribution in [1.82, 2.24) is 0 Å². The topological polar surface area (TPSA) is 38.8 Å². The summed E-state index contributed by atoms with van der Waals surface area (Å²) in [7, 11) is 1.38. The number of epoxide rings is 1. The Hall–Kier alpha value is -1.09. The van der Waals surface area contributed by atoms with Crippen LogP contribution in [0.3, 0.4) is 0 Å². The molecular formula is C10H12O3. The molecule has 70 valence electrons. The molecule has 2 rings (SSSR count). The van der Waals surface area contributed by atoms with Crippen molar-refractivity contribution in [2.24, 2.45) is 0 Å². The van der Waals surface area contributed by atoms with Gasteiger partial charge in [0.2, 0.25) is 0 Å². The largest absolute Gasteiger partial charge is 0.466 e. The highest BCUT2D eigenvalue weighted by Gasteiger charge is 2.40. The third-order valence-electron chi connectivity index (χ3n) is 2.37. The third-order valence-corrected chi connectivity index (χ3v) is 2.37. The normalized spacial score (nSPS) is 31.0. The van der Waals surface area contributed by atoms with E-state index < -0.39 is 0 Å². The second-order valence-corrected chi connectivity index (χ2v) is 3.29. The standard InChI is InChI=1S/C10H12O3/c1-12-10(11)5-3-7-2-4-8-9(6-7)13-8/h2-3,5,8-9H,4,6H2,1H3/b5-3+. The van der Waals surface area contributed by atoms with Gasteiger partial charge in [0.05, 0.1) is 19.3 Å². The predicted octanol–water partition coefficient (Wildman–Crippen LogP) is 1.20. The highest BCUT2D eigenvalue weighted by Crippen LogP contribution is 2.36. The van der Waals surface area contributed by atoms with Gasteiger partial charge in [-0.25, -0.2) is 4.79 Å². The monoisotopic (exact) mass is 180 g/mol. The van der Waals surface area contributed by atoms with Gasteiger partial charge in [-0.15, -0.1) is 0 Å². The van der Waals surface area contributed by atoms with Crippen LogP contribution >= 0.6 is 0 Å². The Balaban J connectivity index is 1.90. The van der Waals surface area contributed by atoms with Crippen LogP contribution in [-0.4, -0.2) is 25.3 Å². The van der Waals surface area contributed by atoms with E-state index in [9.17, 15) is 4.79 Å². The van der Waals surface area contributed by atoms with Crippen molar-refractivity contribution >= 4 is 5.97 Å². The molecule has 0 bridgehead atoms. The van der Waals surface area contributed by atoms with Crippen LogP contribution in [0.1, 0.15) is 12.8 Å². The minimum absolute atomic E-state index is 0.306. The molecule has 2 atom stereocenters. The van der Waals surface area contributed by atoms with Crippen molar-refractivity contribution in [2.45, 2.75) is 25.0 Å². The number of rotatable bonds is 2. The fraction of sp³-hybridized carbons (Fsp3) is 0.500. The molecule has 1 aliphatic carbocycles. The number of esters is 1. The molecule has 1 fully saturated rings. The summed E-state index contributed by atoms with van der Waals surface area (Å²) < 4.78 is 9.83. The van der Waals surface area contributed by atoms with E-state index in [2.05, 4.69) is 10.8 Å². The summed E-state index contributed by atoms with van der Waals surface area (Å²) in [6.07, 6.45) is 8.15. The molecule has 0 aromatic rings. The van der Waals surface area contributed by atoms with E-state index in [0.29, 0.717) is 12.2 Å². The molecule has 0 amide bonds. The average Bonchev–Trinajstić information content (AvgIpc) is 2.91. The number of carbonyl (C=O) groups is 1. The lowest BCUT2D eigenvalue weighted by Gasteiger charge is -2.03. The second-order valence-electron chi connectivity index (χ2n) is 3.29. The zero-order chi connectivity index (χ0) is 9.26. The molecule has 0 spiro atoms. The van der Waals surface area contributed by atoms with Crippen molar-refractivity contribution < 1.29 is 14.3 Å². The molecule has 0 aromatic carbocycles. The lowest BCUT2D eigenvalue weighted by molar-refractivity contribution is -0.134. The van der Waals surface area contributed by atoms with Crippen molar-refractivity contribution in [3.63, 3.8) is 0 Å². The Morgan fingerprint density at radius 1 is 1.69 bits per heavy atom. The fourth-order valence-electron chi connectivity index (χ4n) is 1.53. The Kier molecular flexibility index (Phi) is 2.19. The zero-order valence-corrected chi connectivity index (χ0v) is 7.53. The molecule has 0 saturated carbocycles. The van der Waals surface area contributed by atoms with Gasteiger partial charge in [-0.1, -0.05) is 12.2 Å². The van der Waals surface area contributed by atoms with Crippen LogP contribution in [0.15, 0.2) is 23.8 Å². The van der Waals surface area contributed by atoms with E-state index in [4.69, 9.17) is 4.74 Å². The van der Waals surface area contributed by atoms with E-state index in [1.165, 1.54) is 18.8 Å². The lowest BCUT2D eigenvalue weighted by atomic mass is 9.99. The van der Waals surface area contributed by atoms with Crippen molar-refractivity contribution in [1.29, 1.82) is 0 Å². The Morgan fingerprint density at radius 3 is 3.23 bits per heavy atom. The quantitative estimate of drug-likeness (QED) is 0.364. The van der Waals surface area contributed by atoms with Gasteiger partial charge >= 0.3 is 5.97 Å². The molecule has 3 heteroatoms. The first kappa shape index (κ1) is 8.51. The van der Waals surface area contributed by atoms with Crippen LogP contribution < -0.4 is 0 Å². The number of carbonyl (C=O) groups excluding carboxylic acids is 1. The van der Waals surface area contributed by atoms with Gasteiger partial charge in [-0.2, -0.15) is 0 Å². The van der Waals surface area contributed by atoms with Crippen LogP contribution in [0.5, 0.6) is 0 Å². The summed E-state index contributed by atoms with van der Waals surface area (Å²) in [6, 6.07) is 0. The van der Waals surface area contributed by atoms with Crippen LogP contribution in [0, 0.1) is 0 Å². The number of hydrogen-bond donors (Lipinski definition) is 0. The molecule has 1 aliphatic heterocycles. The van der Waals surface area contributed by atoms with E-state index in [0.717, 1.165) is 12.8 Å². The summed E-state index contributed by atoms with van der Waals surface area (Å²) in [5, 5.41) is 0.